The third-order valence-electron chi connectivity index (χ3n) is 3.15. The Hall–Kier alpha value is -2.09. The quantitative estimate of drug-likeness (QED) is 0.812. The van der Waals surface area contributed by atoms with Crippen LogP contribution in [0.25, 0.3) is 0 Å². The van der Waals surface area contributed by atoms with E-state index >= 15 is 0 Å². The Morgan fingerprint density at radius 2 is 1.74 bits per heavy atom. The molecule has 0 saturated carbocycles. The van der Waals surface area contributed by atoms with Gasteiger partial charge in [-0.1, -0.05) is 18.2 Å². The van der Waals surface area contributed by atoms with Gasteiger partial charge in [-0.2, -0.15) is 8.78 Å². The molecule has 0 aliphatic carbocycles. The third kappa shape index (κ3) is 4.01. The first-order chi connectivity index (χ1) is 10.8. The van der Waals surface area contributed by atoms with Gasteiger partial charge in [0.05, 0.1) is 10.6 Å². The molecule has 2 aromatic carbocycles. The third-order valence-corrected chi connectivity index (χ3v) is 4.59. The summed E-state index contributed by atoms with van der Waals surface area (Å²) in [5.41, 5.74) is 0.239. The Balaban J connectivity index is 2.13. The molecule has 2 rings (SSSR count). The number of hydrogen-bond acceptors (Lipinski definition) is 3. The summed E-state index contributed by atoms with van der Waals surface area (Å²) in [6, 6.07) is 8.36. The standard InChI is InChI=1S/C15H13F4NO2S/c16-11-6-5-10(12(17)9-11)7-8-20-13-3-1-2-4-14(13)23(21,22)15(18)19/h1-6,9,15,20H,7-8H2. The molecule has 8 heteroatoms. The Kier molecular flexibility index (Phi) is 5.25. The summed E-state index contributed by atoms with van der Waals surface area (Å²) < 4.78 is 74.8. The van der Waals surface area contributed by atoms with Crippen LogP contribution in [-0.2, 0) is 16.3 Å². The molecule has 124 valence electrons. The second-order valence-corrected chi connectivity index (χ2v) is 6.60. The monoisotopic (exact) mass is 347 g/mol. The van der Waals surface area contributed by atoms with Crippen molar-refractivity contribution in [3.8, 4) is 0 Å². The molecule has 0 aliphatic heterocycles. The van der Waals surface area contributed by atoms with Gasteiger partial charge in [-0.05, 0) is 30.2 Å². The molecular weight excluding hydrogens is 334 g/mol. The zero-order valence-corrected chi connectivity index (χ0v) is 12.6. The predicted molar refractivity (Wildman–Crippen MR) is 78.2 cm³/mol. The lowest BCUT2D eigenvalue weighted by atomic mass is 10.1. The number of halogens is 4. The van der Waals surface area contributed by atoms with E-state index in [-0.39, 0.29) is 24.2 Å². The van der Waals surface area contributed by atoms with Gasteiger partial charge in [0.25, 0.3) is 0 Å². The van der Waals surface area contributed by atoms with Crippen LogP contribution in [0.1, 0.15) is 5.56 Å². The number of rotatable bonds is 6. The van der Waals surface area contributed by atoms with Crippen molar-refractivity contribution in [1.29, 1.82) is 0 Å². The van der Waals surface area contributed by atoms with E-state index < -0.39 is 32.1 Å². The van der Waals surface area contributed by atoms with E-state index in [0.717, 1.165) is 18.2 Å². The highest BCUT2D eigenvalue weighted by Gasteiger charge is 2.28. The van der Waals surface area contributed by atoms with Crippen LogP contribution in [-0.4, -0.2) is 20.7 Å². The van der Waals surface area contributed by atoms with Gasteiger partial charge in [-0.15, -0.1) is 0 Å². The number of anilines is 1. The molecule has 3 nitrogen and oxygen atoms in total. The lowest BCUT2D eigenvalue weighted by Gasteiger charge is -2.12. The number of alkyl halides is 2. The number of para-hydroxylation sites is 1. The lowest BCUT2D eigenvalue weighted by Crippen LogP contribution is -2.15. The largest absolute Gasteiger partial charge is 0.384 e. The maximum absolute atomic E-state index is 13.5. The van der Waals surface area contributed by atoms with Gasteiger partial charge in [0.15, 0.2) is 0 Å². The van der Waals surface area contributed by atoms with Gasteiger partial charge in [-0.3, -0.25) is 0 Å². The van der Waals surface area contributed by atoms with Gasteiger partial charge in [0.2, 0.25) is 9.84 Å². The molecule has 1 N–H and O–H groups in total. The predicted octanol–water partition coefficient (Wildman–Crippen LogP) is 3.62. The number of sulfone groups is 1. The van der Waals surface area contributed by atoms with Crippen LogP contribution in [0.2, 0.25) is 0 Å². The number of nitrogens with one attached hydrogen (secondary N) is 1. The van der Waals surface area contributed by atoms with Crippen molar-refractivity contribution < 1.29 is 26.0 Å². The average Bonchev–Trinajstić information content (AvgIpc) is 2.49. The summed E-state index contributed by atoms with van der Waals surface area (Å²) in [5, 5.41) is 2.69. The summed E-state index contributed by atoms with van der Waals surface area (Å²) in [4.78, 5) is -0.519. The normalized spacial score (nSPS) is 11.7. The number of benzene rings is 2. The summed E-state index contributed by atoms with van der Waals surface area (Å²) in [7, 11) is -4.74. The van der Waals surface area contributed by atoms with Crippen LogP contribution in [0.15, 0.2) is 47.4 Å². The van der Waals surface area contributed by atoms with Gasteiger partial charge in [0.1, 0.15) is 11.6 Å². The minimum Gasteiger partial charge on any atom is -0.384 e. The fraction of sp³-hybridized carbons (Fsp3) is 0.200. The molecule has 0 bridgehead atoms. The molecule has 0 radical (unpaired) electrons. The van der Waals surface area contributed by atoms with Gasteiger partial charge in [0, 0.05) is 12.6 Å². The molecule has 0 aromatic heterocycles. The minimum absolute atomic E-state index is 0.00956. The highest BCUT2D eigenvalue weighted by atomic mass is 32.2. The van der Waals surface area contributed by atoms with E-state index in [0.29, 0.717) is 0 Å². The molecule has 2 aromatic rings. The SMILES string of the molecule is O=S(=O)(c1ccccc1NCCc1ccc(F)cc1F)C(F)F. The molecule has 0 spiro atoms. The molecule has 0 heterocycles. The Morgan fingerprint density at radius 1 is 1.04 bits per heavy atom. The van der Waals surface area contributed by atoms with Crippen molar-refractivity contribution in [2.45, 2.75) is 17.1 Å². The second kappa shape index (κ2) is 6.99. The van der Waals surface area contributed by atoms with Crippen LogP contribution in [0, 0.1) is 11.6 Å². The summed E-state index contributed by atoms with van der Waals surface area (Å²) in [6.45, 7) is 0.0956. The van der Waals surface area contributed by atoms with Crippen molar-refractivity contribution in [3.05, 3.63) is 59.7 Å². The maximum Gasteiger partial charge on any atom is 0.341 e. The molecule has 0 aliphatic rings. The highest BCUT2D eigenvalue weighted by molar-refractivity contribution is 7.91. The summed E-state index contributed by atoms with van der Waals surface area (Å²) >= 11 is 0. The highest BCUT2D eigenvalue weighted by Crippen LogP contribution is 2.26. The Morgan fingerprint density at radius 3 is 2.39 bits per heavy atom. The van der Waals surface area contributed by atoms with Gasteiger partial charge < -0.3 is 5.32 Å². The number of hydrogen-bond donors (Lipinski definition) is 1. The molecule has 23 heavy (non-hydrogen) atoms. The van der Waals surface area contributed by atoms with E-state index in [1.807, 2.05) is 0 Å². The molecule has 0 unspecified atom stereocenters. The second-order valence-electron chi connectivity index (χ2n) is 4.71. The van der Waals surface area contributed by atoms with E-state index in [4.69, 9.17) is 0 Å². The molecule has 0 fully saturated rings. The lowest BCUT2D eigenvalue weighted by molar-refractivity contribution is 0.235. The van der Waals surface area contributed by atoms with Crippen LogP contribution in [0.3, 0.4) is 0 Å². The first-order valence-corrected chi connectivity index (χ1v) is 8.16. The summed E-state index contributed by atoms with van der Waals surface area (Å²) in [6.07, 6.45) is 0.134. The van der Waals surface area contributed by atoms with Gasteiger partial charge in [-0.25, -0.2) is 17.2 Å². The maximum atomic E-state index is 13.5. The van der Waals surface area contributed by atoms with E-state index in [1.165, 1.54) is 24.3 Å². The van der Waals surface area contributed by atoms with Crippen LogP contribution in [0.4, 0.5) is 23.2 Å². The topological polar surface area (TPSA) is 46.2 Å². The van der Waals surface area contributed by atoms with Crippen molar-refractivity contribution in [1.82, 2.24) is 0 Å². The summed E-state index contributed by atoms with van der Waals surface area (Å²) in [5.74, 6) is -4.95. The van der Waals surface area contributed by atoms with Crippen molar-refractivity contribution >= 4 is 15.5 Å². The Bertz CT molecular complexity index is 794. The van der Waals surface area contributed by atoms with Crippen molar-refractivity contribution in [2.75, 3.05) is 11.9 Å². The molecule has 0 saturated heterocycles. The van der Waals surface area contributed by atoms with Gasteiger partial charge >= 0.3 is 5.76 Å². The Labute approximate surface area is 130 Å². The van der Waals surface area contributed by atoms with Crippen LogP contribution >= 0.6 is 0 Å². The smallest absolute Gasteiger partial charge is 0.341 e. The molecule has 0 amide bonds. The van der Waals surface area contributed by atoms with E-state index in [1.54, 1.807) is 0 Å². The fourth-order valence-corrected chi connectivity index (χ4v) is 2.92. The van der Waals surface area contributed by atoms with Crippen molar-refractivity contribution in [2.24, 2.45) is 0 Å². The zero-order chi connectivity index (χ0) is 17.0. The molecule has 0 atom stereocenters. The minimum atomic E-state index is -4.74. The van der Waals surface area contributed by atoms with Crippen LogP contribution < -0.4 is 5.32 Å². The molecular formula is C15H13F4NO2S. The van der Waals surface area contributed by atoms with E-state index in [2.05, 4.69) is 5.32 Å². The zero-order valence-electron chi connectivity index (χ0n) is 11.8. The fourth-order valence-electron chi connectivity index (χ4n) is 2.01. The van der Waals surface area contributed by atoms with E-state index in [9.17, 15) is 26.0 Å². The average molecular weight is 347 g/mol. The first-order valence-electron chi connectivity index (χ1n) is 6.61. The first kappa shape index (κ1) is 17.3. The van der Waals surface area contributed by atoms with Crippen molar-refractivity contribution in [3.63, 3.8) is 0 Å². The van der Waals surface area contributed by atoms with Crippen LogP contribution in [0.5, 0.6) is 0 Å².